The number of aromatic amines is 1. The van der Waals surface area contributed by atoms with Gasteiger partial charge in [0.15, 0.2) is 0 Å². The van der Waals surface area contributed by atoms with Gasteiger partial charge in [-0.25, -0.2) is 4.98 Å². The number of nitrogens with one attached hydrogen (secondary N) is 1. The van der Waals surface area contributed by atoms with E-state index in [1.54, 1.807) is 6.20 Å². The molecule has 0 aliphatic rings. The highest BCUT2D eigenvalue weighted by Crippen LogP contribution is 2.22. The highest BCUT2D eigenvalue weighted by atomic mass is 14.9. The van der Waals surface area contributed by atoms with E-state index in [4.69, 9.17) is 5.73 Å². The van der Waals surface area contributed by atoms with E-state index in [2.05, 4.69) is 52.0 Å². The molecule has 0 saturated carbocycles. The van der Waals surface area contributed by atoms with Crippen LogP contribution < -0.4 is 5.73 Å². The van der Waals surface area contributed by atoms with Gasteiger partial charge in [-0.05, 0) is 11.6 Å². The van der Waals surface area contributed by atoms with Gasteiger partial charge < -0.3 is 15.3 Å². The second kappa shape index (κ2) is 4.31. The summed E-state index contributed by atoms with van der Waals surface area (Å²) in [5.41, 5.74) is 9.08. The zero-order valence-electron chi connectivity index (χ0n) is 10.4. The number of aromatic nitrogens is 3. The van der Waals surface area contributed by atoms with Crippen molar-refractivity contribution in [2.45, 2.75) is 13.0 Å². The Morgan fingerprint density at radius 3 is 2.94 bits per heavy atom. The standard InChI is InChI=1S/C14H16N4/c1-18-9-10(12-4-2-3-5-13(12)18)6-14-16-8-11(7-15)17-14/h2-5,8-9H,6-7,15H2,1H3,(H,16,17). The first-order chi connectivity index (χ1) is 8.78. The first-order valence-electron chi connectivity index (χ1n) is 6.03. The van der Waals surface area contributed by atoms with Crippen LogP contribution in [0.15, 0.2) is 36.7 Å². The van der Waals surface area contributed by atoms with Crippen LogP contribution in [0.25, 0.3) is 10.9 Å². The molecule has 3 rings (SSSR count). The summed E-state index contributed by atoms with van der Waals surface area (Å²) in [5.74, 6) is 0.965. The van der Waals surface area contributed by atoms with Gasteiger partial charge in [-0.15, -0.1) is 0 Å². The van der Waals surface area contributed by atoms with Gasteiger partial charge >= 0.3 is 0 Å². The molecule has 3 N–H and O–H groups in total. The number of hydrogen-bond donors (Lipinski definition) is 2. The highest BCUT2D eigenvalue weighted by molar-refractivity contribution is 5.84. The van der Waals surface area contributed by atoms with Gasteiger partial charge in [0.05, 0.1) is 0 Å². The smallest absolute Gasteiger partial charge is 0.110 e. The lowest BCUT2D eigenvalue weighted by Crippen LogP contribution is -1.96. The minimum atomic E-state index is 0.503. The van der Waals surface area contributed by atoms with Crippen molar-refractivity contribution in [3.8, 4) is 0 Å². The molecule has 0 atom stereocenters. The number of rotatable bonds is 3. The summed E-state index contributed by atoms with van der Waals surface area (Å²) in [6.07, 6.45) is 4.77. The quantitative estimate of drug-likeness (QED) is 0.735. The first kappa shape index (κ1) is 11.0. The molecule has 0 amide bonds. The van der Waals surface area contributed by atoms with Gasteiger partial charge in [0.2, 0.25) is 0 Å². The van der Waals surface area contributed by atoms with E-state index in [0.717, 1.165) is 17.9 Å². The molecule has 0 saturated heterocycles. The van der Waals surface area contributed by atoms with Crippen molar-refractivity contribution < 1.29 is 0 Å². The Kier molecular flexibility index (Phi) is 2.64. The second-order valence-electron chi connectivity index (χ2n) is 4.52. The van der Waals surface area contributed by atoms with Crippen molar-refractivity contribution in [3.05, 3.63) is 53.7 Å². The maximum atomic E-state index is 5.58. The van der Waals surface area contributed by atoms with Crippen LogP contribution in [0.5, 0.6) is 0 Å². The number of hydrogen-bond acceptors (Lipinski definition) is 2. The summed E-state index contributed by atoms with van der Waals surface area (Å²) < 4.78 is 2.15. The summed E-state index contributed by atoms with van der Waals surface area (Å²) in [5, 5.41) is 1.28. The fourth-order valence-corrected chi connectivity index (χ4v) is 2.35. The van der Waals surface area contributed by atoms with Crippen LogP contribution in [0.4, 0.5) is 0 Å². The van der Waals surface area contributed by atoms with Crippen molar-refractivity contribution in [2.75, 3.05) is 0 Å². The second-order valence-corrected chi connectivity index (χ2v) is 4.52. The maximum Gasteiger partial charge on any atom is 0.110 e. The SMILES string of the molecule is Cn1cc(Cc2ncc(CN)[nH]2)c2ccccc21. The Labute approximate surface area is 105 Å². The predicted octanol–water partition coefficient (Wildman–Crippen LogP) is 1.95. The lowest BCUT2D eigenvalue weighted by Gasteiger charge is -1.96. The minimum Gasteiger partial charge on any atom is -0.350 e. The third-order valence-corrected chi connectivity index (χ3v) is 3.24. The zero-order valence-corrected chi connectivity index (χ0v) is 10.4. The molecule has 18 heavy (non-hydrogen) atoms. The maximum absolute atomic E-state index is 5.58. The number of aryl methyl sites for hydroxylation is 1. The van der Waals surface area contributed by atoms with Crippen molar-refractivity contribution in [1.29, 1.82) is 0 Å². The third-order valence-electron chi connectivity index (χ3n) is 3.24. The summed E-state index contributed by atoms with van der Waals surface area (Å²) in [7, 11) is 2.07. The van der Waals surface area contributed by atoms with E-state index >= 15 is 0 Å². The van der Waals surface area contributed by atoms with Gasteiger partial charge in [-0.1, -0.05) is 18.2 Å². The van der Waals surface area contributed by atoms with E-state index < -0.39 is 0 Å². The topological polar surface area (TPSA) is 59.6 Å². The van der Waals surface area contributed by atoms with E-state index in [9.17, 15) is 0 Å². The van der Waals surface area contributed by atoms with Gasteiger partial charge in [-0.3, -0.25) is 0 Å². The van der Waals surface area contributed by atoms with Crippen molar-refractivity contribution >= 4 is 10.9 Å². The molecule has 0 unspecified atom stereocenters. The molecule has 3 aromatic rings. The lowest BCUT2D eigenvalue weighted by atomic mass is 10.1. The molecule has 92 valence electrons. The molecular weight excluding hydrogens is 224 g/mol. The van der Waals surface area contributed by atoms with E-state index in [0.29, 0.717) is 6.54 Å². The molecule has 4 nitrogen and oxygen atoms in total. The number of nitrogens with zero attached hydrogens (tertiary/aromatic N) is 2. The largest absolute Gasteiger partial charge is 0.350 e. The predicted molar refractivity (Wildman–Crippen MR) is 72.2 cm³/mol. The summed E-state index contributed by atoms with van der Waals surface area (Å²) in [6.45, 7) is 0.503. The molecule has 0 spiro atoms. The number of fused-ring (bicyclic) bond motifs is 1. The minimum absolute atomic E-state index is 0.503. The number of nitrogens with two attached hydrogens (primary N) is 1. The number of H-pyrrole nitrogens is 1. The van der Waals surface area contributed by atoms with Gasteiger partial charge in [0.25, 0.3) is 0 Å². The van der Waals surface area contributed by atoms with Crippen LogP contribution in [0.1, 0.15) is 17.1 Å². The van der Waals surface area contributed by atoms with Gasteiger partial charge in [0.1, 0.15) is 5.82 Å². The molecule has 0 bridgehead atoms. The fraction of sp³-hybridized carbons (Fsp3) is 0.214. The molecule has 2 heterocycles. The van der Waals surface area contributed by atoms with E-state index in [-0.39, 0.29) is 0 Å². The van der Waals surface area contributed by atoms with E-state index in [1.807, 2.05) is 0 Å². The highest BCUT2D eigenvalue weighted by Gasteiger charge is 2.08. The van der Waals surface area contributed by atoms with Crippen molar-refractivity contribution in [1.82, 2.24) is 14.5 Å². The van der Waals surface area contributed by atoms with E-state index in [1.165, 1.54) is 16.5 Å². The average molecular weight is 240 g/mol. The van der Waals surface area contributed by atoms with Gasteiger partial charge in [-0.2, -0.15) is 0 Å². The Bertz CT molecular complexity index is 678. The fourth-order valence-electron chi connectivity index (χ4n) is 2.35. The van der Waals surface area contributed by atoms with Crippen LogP contribution in [-0.2, 0) is 20.0 Å². The summed E-state index contributed by atoms with van der Waals surface area (Å²) >= 11 is 0. The number of para-hydroxylation sites is 1. The molecule has 2 aromatic heterocycles. The zero-order chi connectivity index (χ0) is 12.5. The Morgan fingerprint density at radius 1 is 1.33 bits per heavy atom. The summed E-state index contributed by atoms with van der Waals surface area (Å²) in [4.78, 5) is 7.59. The van der Waals surface area contributed by atoms with Crippen LogP contribution in [-0.4, -0.2) is 14.5 Å². The van der Waals surface area contributed by atoms with Crippen LogP contribution in [0, 0.1) is 0 Å². The number of benzene rings is 1. The average Bonchev–Trinajstić information content (AvgIpc) is 2.97. The first-order valence-corrected chi connectivity index (χ1v) is 6.03. The van der Waals surface area contributed by atoms with Crippen LogP contribution >= 0.6 is 0 Å². The molecule has 4 heteroatoms. The van der Waals surface area contributed by atoms with Crippen molar-refractivity contribution in [3.63, 3.8) is 0 Å². The Morgan fingerprint density at radius 2 is 2.17 bits per heavy atom. The number of imidazole rings is 1. The summed E-state index contributed by atoms with van der Waals surface area (Å²) in [6, 6.07) is 8.41. The Hall–Kier alpha value is -2.07. The van der Waals surface area contributed by atoms with Crippen LogP contribution in [0.2, 0.25) is 0 Å². The Balaban J connectivity index is 1.99. The monoisotopic (exact) mass is 240 g/mol. The molecular formula is C14H16N4. The van der Waals surface area contributed by atoms with Crippen LogP contribution in [0.3, 0.4) is 0 Å². The molecule has 0 radical (unpaired) electrons. The molecule has 0 aliphatic carbocycles. The lowest BCUT2D eigenvalue weighted by molar-refractivity contribution is 0.940. The third kappa shape index (κ3) is 1.80. The molecule has 0 aliphatic heterocycles. The van der Waals surface area contributed by atoms with Crippen molar-refractivity contribution in [2.24, 2.45) is 12.8 Å². The normalized spacial score (nSPS) is 11.2. The molecule has 0 fully saturated rings. The van der Waals surface area contributed by atoms with Gasteiger partial charge in [0, 0.05) is 49.0 Å². The molecule has 1 aromatic carbocycles.